The molecule has 4 unspecified atom stereocenters. The van der Waals surface area contributed by atoms with Crippen molar-refractivity contribution in [3.63, 3.8) is 0 Å². The van der Waals surface area contributed by atoms with Gasteiger partial charge >= 0.3 is 132 Å². The van der Waals surface area contributed by atoms with Crippen LogP contribution in [-0.4, -0.2) is 198 Å². The van der Waals surface area contributed by atoms with Crippen LogP contribution in [0.5, 0.6) is 17.2 Å². The Balaban J connectivity index is 0.000000385. The van der Waals surface area contributed by atoms with E-state index in [9.17, 15) is 84.8 Å². The molecule has 1 saturated carbocycles. The van der Waals surface area contributed by atoms with E-state index in [1.165, 1.54) is 68.3 Å². The Morgan fingerprint density at radius 1 is 0.593 bits per heavy atom. The third-order valence-electron chi connectivity index (χ3n) is 18.4. The van der Waals surface area contributed by atoms with Gasteiger partial charge in [0.15, 0.2) is 40.6 Å². The van der Waals surface area contributed by atoms with Crippen LogP contribution in [0.4, 0.5) is 26.3 Å². The Morgan fingerprint density at radius 3 is 1.35 bits per heavy atom. The number of aromatic nitrogens is 3. The van der Waals surface area contributed by atoms with Crippen molar-refractivity contribution in [3.8, 4) is 17.2 Å². The van der Waals surface area contributed by atoms with Gasteiger partial charge in [-0.3, -0.25) is 53.0 Å². The van der Waals surface area contributed by atoms with E-state index in [-0.39, 0.29) is 263 Å². The van der Waals surface area contributed by atoms with E-state index < -0.39 is 116 Å². The number of nitrogens with one attached hydrogen (secondary N) is 3. The van der Waals surface area contributed by atoms with Crippen molar-refractivity contribution in [2.75, 3.05) is 47.5 Å². The molecule has 29 nitrogen and oxygen atoms in total. The quantitative estimate of drug-likeness (QED) is 0.00955. The number of pyridine rings is 3. The SMILES string of the molecule is COC(=O)c1c(OC)c(=O)c(C(=O)NCc2ccc(F)cc2F)cn1CC(O)O.COc1c2n(cc(C(=O)NCc3ccc(F)cc3F)c1=O)CC1N3CCC[C@H](C3)N1C2=O.NC1CCCCC1.O=C(NCc1ccc(F)cc1F)c1cn2c(c(O)c1=O)C(=O)N1C(C2)N2CCC[C@@H]1C2.O=CO[O-].[Br-].[Br-].[H-].[K+].[K+].[Mg+2]. The summed E-state index contributed by atoms with van der Waals surface area (Å²) in [6, 6.07) is 9.49. The number of esters is 1. The summed E-state index contributed by atoms with van der Waals surface area (Å²) in [6.45, 7) is 2.47. The number of halogens is 8. The van der Waals surface area contributed by atoms with E-state index >= 15 is 0 Å². The minimum atomic E-state index is -1.92. The molecule has 6 aliphatic heterocycles. The van der Waals surface area contributed by atoms with Crippen LogP contribution in [0.15, 0.2) is 87.6 Å². The van der Waals surface area contributed by atoms with E-state index in [0.29, 0.717) is 31.3 Å². The first-order valence-corrected chi connectivity index (χ1v) is 32.6. The number of nitrogens with two attached hydrogens (primary N) is 1. The molecule has 7 aliphatic rings. The number of methoxy groups -OCH3 is 3. The van der Waals surface area contributed by atoms with Crippen LogP contribution < -0.4 is 189 Å². The van der Waals surface area contributed by atoms with Crippen LogP contribution in [0.3, 0.4) is 0 Å². The zero-order valence-corrected chi connectivity index (χ0v) is 70.1. The van der Waals surface area contributed by atoms with Crippen LogP contribution in [0.1, 0.15) is 138 Å². The van der Waals surface area contributed by atoms with Crippen molar-refractivity contribution < 1.29 is 238 Å². The molecule has 1 aliphatic carbocycles. The molecule has 13 rings (SSSR count). The minimum absolute atomic E-state index is 0. The van der Waals surface area contributed by atoms with E-state index in [1.807, 2.05) is 4.90 Å². The Kier molecular flexibility index (Phi) is 38.3. The zero-order valence-electron chi connectivity index (χ0n) is 60.3. The number of carbonyl (C=O) groups is 7. The Hall–Kier alpha value is -5.46. The van der Waals surface area contributed by atoms with Gasteiger partial charge in [-0.05, 0) is 56.7 Å². The molecule has 6 atom stereocenters. The van der Waals surface area contributed by atoms with Gasteiger partial charge in [-0.15, -0.1) is 0 Å². The summed E-state index contributed by atoms with van der Waals surface area (Å²) in [6.07, 6.45) is 11.8. The molecular formula is C68H75Br2F6K2MgN11O18. The number of ether oxygens (including phenoxy) is 3. The Bertz CT molecular complexity index is 4440. The van der Waals surface area contributed by atoms with Gasteiger partial charge in [-0.25, -0.2) is 31.1 Å². The average molecular weight is 1710 g/mol. The predicted molar refractivity (Wildman–Crippen MR) is 353 cm³/mol. The largest absolute Gasteiger partial charge is 2.00 e. The van der Waals surface area contributed by atoms with E-state index in [1.54, 1.807) is 9.47 Å². The number of nitrogens with zero attached hydrogens (tertiary/aromatic N) is 7. The maximum atomic E-state index is 13.9. The van der Waals surface area contributed by atoms with Gasteiger partial charge in [-0.1, -0.05) is 37.5 Å². The van der Waals surface area contributed by atoms with Crippen molar-refractivity contribution in [2.24, 2.45) is 5.73 Å². The fourth-order valence-electron chi connectivity index (χ4n) is 13.5. The first-order chi connectivity index (χ1) is 49.2. The van der Waals surface area contributed by atoms with Gasteiger partial charge in [0, 0.05) is 117 Å². The van der Waals surface area contributed by atoms with Crippen LogP contribution in [0.25, 0.3) is 0 Å². The van der Waals surface area contributed by atoms with E-state index in [4.69, 9.17) is 25.3 Å². The minimum Gasteiger partial charge on any atom is -1.00 e. The molecule has 0 spiro atoms. The van der Waals surface area contributed by atoms with E-state index in [0.717, 1.165) is 107 Å². The molecule has 40 heteroatoms. The Labute approximate surface area is 737 Å². The standard InChI is InChI=1S/C22H22F2N4O4.C21H20F2N4O4.C18H18F2N2O7.C6H13N.CH2O3.2BrH.2K.Mg.H/c1-32-20-18-22(31)28-14-3-2-6-26(9-14)17(28)11-27(18)10-15(19(20)29)21(30)25-8-12-4-5-13(23)7-16(12)24;22-12-4-3-11(15(23)6-12)7-24-20(30)14-9-26-10-16-25-5-1-2-13(8-25)27(16)21(31)17(26)19(29)18(14)28;1-28-16-14(18(27)29-2)22(8-13(23)24)7-11(15(16)25)17(26)21-6-9-3-4-10(19)5-12(9)20;7-6-4-2-1-3-5-6;2-1-4-3;;;;;;/h4-5,7,10,14,17H,2-3,6,8-9,11H2,1H3,(H,25,30);3-4,6,9,13,16,29H,1-2,5,7-8,10H2,(H,24,30);3-5,7,13,23-24H,6,8H2,1-2H3,(H,21,26);6H,1-5,7H2;1,3H;2*1H;;;;/q;;;;;;;2*+1;+2;-1/p-3/t14-,17?;13-,16?;;;;;;;;;/m11........./s1. The molecule has 5 amide bonds. The number of aromatic hydroxyl groups is 1. The number of piperidine rings is 2. The van der Waals surface area contributed by atoms with Crippen molar-refractivity contribution in [1.82, 2.24) is 49.3 Å². The van der Waals surface area contributed by atoms with E-state index in [2.05, 4.69) is 35.4 Å². The fourth-order valence-corrected chi connectivity index (χ4v) is 13.5. The number of fused-ring (bicyclic) bond motifs is 12. The number of benzene rings is 3. The molecule has 3 aromatic heterocycles. The predicted octanol–water partition coefficient (Wildman–Crippen LogP) is -10.0. The number of aliphatic hydroxyl groups is 2. The van der Waals surface area contributed by atoms with Crippen molar-refractivity contribution in [3.05, 3.63) is 189 Å². The van der Waals surface area contributed by atoms with Crippen molar-refractivity contribution in [2.45, 2.75) is 134 Å². The molecule has 108 heavy (non-hydrogen) atoms. The van der Waals surface area contributed by atoms with Gasteiger partial charge in [0.25, 0.3) is 36.0 Å². The average Bonchev–Trinajstić information content (AvgIpc) is 1.63. The fraction of sp³-hybridized carbons (Fsp3) is 0.412. The number of rotatable bonds is 15. The molecule has 8 N–H and O–H groups in total. The van der Waals surface area contributed by atoms with Gasteiger partial charge in [0.1, 0.15) is 63.9 Å². The van der Waals surface area contributed by atoms with Gasteiger partial charge in [0.2, 0.25) is 16.3 Å². The normalized spacial score (nSPS) is 18.6. The second kappa shape index (κ2) is 43.5. The summed E-state index contributed by atoms with van der Waals surface area (Å²) in [5.41, 5.74) is 1.67. The molecule has 5 fully saturated rings. The first kappa shape index (κ1) is 94.9. The summed E-state index contributed by atoms with van der Waals surface area (Å²) >= 11 is 0. The molecule has 4 bridgehead atoms. The maximum Gasteiger partial charge on any atom is 2.00 e. The van der Waals surface area contributed by atoms with Crippen LogP contribution >= 0.6 is 0 Å². The number of amides is 5. The van der Waals surface area contributed by atoms with Crippen LogP contribution in [0, 0.1) is 34.9 Å². The third-order valence-corrected chi connectivity index (χ3v) is 18.4. The number of hydrogen-bond acceptors (Lipinski definition) is 21. The molecule has 570 valence electrons. The molecule has 3 aromatic carbocycles. The van der Waals surface area contributed by atoms with Crippen LogP contribution in [-0.2, 0) is 53.7 Å². The number of carbonyl (C=O) groups excluding carboxylic acids is 7. The van der Waals surface area contributed by atoms with Crippen LogP contribution in [0.2, 0.25) is 0 Å². The van der Waals surface area contributed by atoms with Gasteiger partial charge in [0.05, 0.1) is 41.0 Å². The number of hydrogen-bond donors (Lipinski definition) is 7. The maximum absolute atomic E-state index is 13.9. The third kappa shape index (κ3) is 22.3. The molecular weight excluding hydrogens is 1640 g/mol. The molecule has 0 radical (unpaired) electrons. The molecule has 9 heterocycles. The summed E-state index contributed by atoms with van der Waals surface area (Å²) in [4.78, 5) is 134. The Morgan fingerprint density at radius 2 is 0.981 bits per heavy atom. The van der Waals surface area contributed by atoms with Gasteiger partial charge in [-0.2, -0.15) is 0 Å². The summed E-state index contributed by atoms with van der Waals surface area (Å²) in [5, 5.41) is 44.6. The number of aliphatic hydroxyl groups excluding tert-OH is 1. The smallest absolute Gasteiger partial charge is 1.00 e. The summed E-state index contributed by atoms with van der Waals surface area (Å²) in [5.74, 6) is -10.4. The topological polar surface area (TPSA) is 381 Å². The van der Waals surface area contributed by atoms with Crippen molar-refractivity contribution in [1.29, 1.82) is 0 Å². The second-order valence-corrected chi connectivity index (χ2v) is 24.8. The monoisotopic (exact) mass is 1710 g/mol. The summed E-state index contributed by atoms with van der Waals surface area (Å²) in [7, 11) is 3.42. The molecule has 4 saturated heterocycles. The van der Waals surface area contributed by atoms with Crippen molar-refractivity contribution >= 4 is 65.0 Å². The molecule has 6 aromatic rings. The zero-order chi connectivity index (χ0) is 74.7. The van der Waals surface area contributed by atoms with Gasteiger partial charge < -0.3 is 120 Å². The second-order valence-electron chi connectivity index (χ2n) is 24.8. The summed E-state index contributed by atoms with van der Waals surface area (Å²) < 4.78 is 99.2. The first-order valence-electron chi connectivity index (χ1n) is 32.6.